The lowest BCUT2D eigenvalue weighted by Gasteiger charge is -2.28. The number of imidazole rings is 1. The highest BCUT2D eigenvalue weighted by Crippen LogP contribution is 2.46. The molecule has 0 spiro atoms. The van der Waals surface area contributed by atoms with Crippen LogP contribution in [-0.2, 0) is 36.5 Å². The van der Waals surface area contributed by atoms with Crippen LogP contribution in [0.15, 0.2) is 54.6 Å². The molecule has 0 saturated carbocycles. The van der Waals surface area contributed by atoms with Gasteiger partial charge in [0.2, 0.25) is 0 Å². The quantitative estimate of drug-likeness (QED) is 0.160. The predicted octanol–water partition coefficient (Wildman–Crippen LogP) is 5.62. The van der Waals surface area contributed by atoms with Crippen molar-refractivity contribution < 1.29 is 27.9 Å². The second-order valence-electron chi connectivity index (χ2n) is 10.7. The third-order valence-electron chi connectivity index (χ3n) is 5.96. The number of carbonyl (C=O) groups is 1. The molecule has 0 amide bonds. The number of carbonyl (C=O) groups excluding carboxylic acids is 1. The highest BCUT2D eigenvalue weighted by molar-refractivity contribution is 7.52. The van der Waals surface area contributed by atoms with Gasteiger partial charge in [-0.1, -0.05) is 36.4 Å². The van der Waals surface area contributed by atoms with E-state index in [1.54, 1.807) is 58.9 Å². The number of anilines is 1. The smallest absolute Gasteiger partial charge is 0.459 e. The minimum Gasteiger partial charge on any atom is -0.459 e. The van der Waals surface area contributed by atoms with Gasteiger partial charge in [-0.15, -0.1) is 0 Å². The minimum absolute atomic E-state index is 0.233. The monoisotopic (exact) mass is 583 g/mol. The van der Waals surface area contributed by atoms with Gasteiger partial charge in [-0.3, -0.25) is 9.32 Å². The molecule has 12 heteroatoms. The average Bonchev–Trinajstić information content (AvgIpc) is 3.25. The topological polar surface area (TPSA) is 140 Å². The number of nitrogens with zero attached hydrogens (tertiary/aromatic N) is 3. The van der Waals surface area contributed by atoms with Gasteiger partial charge in [0.1, 0.15) is 35.3 Å². The van der Waals surface area contributed by atoms with Crippen LogP contribution in [0.1, 0.15) is 47.4 Å². The van der Waals surface area contributed by atoms with Gasteiger partial charge in [0.25, 0.3) is 0 Å². The molecule has 41 heavy (non-hydrogen) atoms. The zero-order chi connectivity index (χ0) is 29.8. The molecular weight excluding hydrogens is 545 g/mol. The molecule has 4 rings (SSSR count). The molecular formula is C29H38N5O6P. The predicted molar refractivity (Wildman–Crippen MR) is 158 cm³/mol. The lowest BCUT2D eigenvalue weighted by molar-refractivity contribution is -0.156. The maximum absolute atomic E-state index is 14.1. The number of benzene rings is 2. The highest BCUT2D eigenvalue weighted by Gasteiger charge is 2.35. The van der Waals surface area contributed by atoms with Gasteiger partial charge >= 0.3 is 13.7 Å². The van der Waals surface area contributed by atoms with E-state index in [9.17, 15) is 9.36 Å². The van der Waals surface area contributed by atoms with Gasteiger partial charge < -0.3 is 24.3 Å². The van der Waals surface area contributed by atoms with Gasteiger partial charge in [-0.25, -0.2) is 14.5 Å². The molecule has 2 heterocycles. The van der Waals surface area contributed by atoms with Crippen LogP contribution in [0.2, 0.25) is 0 Å². The minimum atomic E-state index is -4.10. The summed E-state index contributed by atoms with van der Waals surface area (Å²) in [5, 5.41) is 3.62. The van der Waals surface area contributed by atoms with E-state index in [0.717, 1.165) is 16.4 Å². The molecule has 3 N–H and O–H groups in total. The van der Waals surface area contributed by atoms with Crippen LogP contribution in [0.3, 0.4) is 0 Å². The summed E-state index contributed by atoms with van der Waals surface area (Å²) in [5.74, 6) is 0.660. The first-order chi connectivity index (χ1) is 19.4. The van der Waals surface area contributed by atoms with Crippen molar-refractivity contribution in [2.75, 3.05) is 12.3 Å². The highest BCUT2D eigenvalue weighted by atomic mass is 31.2. The summed E-state index contributed by atoms with van der Waals surface area (Å²) in [6, 6.07) is 15.3. The first kappa shape index (κ1) is 30.5. The van der Waals surface area contributed by atoms with Crippen molar-refractivity contribution in [3.63, 3.8) is 0 Å². The molecule has 0 saturated heterocycles. The largest absolute Gasteiger partial charge is 0.459 e. The Morgan fingerprint density at radius 2 is 1.76 bits per heavy atom. The molecule has 220 valence electrons. The molecule has 0 bridgehead atoms. The normalized spacial score (nSPS) is 15.0. The fourth-order valence-electron chi connectivity index (χ4n) is 4.31. The molecule has 11 nitrogen and oxygen atoms in total. The zero-order valence-corrected chi connectivity index (χ0v) is 25.2. The van der Waals surface area contributed by atoms with E-state index in [2.05, 4.69) is 10.1 Å². The molecule has 0 aliphatic carbocycles. The lowest BCUT2D eigenvalue weighted by Crippen LogP contribution is -2.39. The Hall–Kier alpha value is -3.50. The zero-order valence-electron chi connectivity index (χ0n) is 24.3. The number of pyridine rings is 1. The van der Waals surface area contributed by atoms with Crippen molar-refractivity contribution >= 4 is 41.5 Å². The van der Waals surface area contributed by atoms with E-state index in [0.29, 0.717) is 29.5 Å². The lowest BCUT2D eigenvalue weighted by atomic mass is 10.2. The Morgan fingerprint density at radius 1 is 1.07 bits per heavy atom. The van der Waals surface area contributed by atoms with Crippen molar-refractivity contribution in [3.8, 4) is 5.75 Å². The van der Waals surface area contributed by atoms with E-state index in [1.807, 2.05) is 41.8 Å². The van der Waals surface area contributed by atoms with E-state index in [-0.39, 0.29) is 13.2 Å². The summed E-state index contributed by atoms with van der Waals surface area (Å²) in [6.45, 7) is 11.5. The Labute approximate surface area is 239 Å². The number of nitrogens with one attached hydrogen (secondary N) is 1. The number of para-hydroxylation sites is 2. The maximum Gasteiger partial charge on any atom is 0.459 e. The number of fused-ring (bicyclic) bond motifs is 3. The molecule has 2 aromatic heterocycles. The number of rotatable bonds is 12. The third kappa shape index (κ3) is 7.62. The fourth-order valence-corrected chi connectivity index (χ4v) is 5.99. The number of hydrogen-bond acceptors (Lipinski definition) is 9. The number of hydrogen-bond donors (Lipinski definition) is 2. The van der Waals surface area contributed by atoms with Gasteiger partial charge in [0.05, 0.1) is 23.7 Å². The summed E-state index contributed by atoms with van der Waals surface area (Å²) >= 11 is 0. The van der Waals surface area contributed by atoms with Gasteiger partial charge in [0.15, 0.2) is 5.82 Å². The number of ether oxygens (including phenoxy) is 2. The van der Waals surface area contributed by atoms with Crippen molar-refractivity contribution in [1.29, 1.82) is 0 Å². The van der Waals surface area contributed by atoms with Gasteiger partial charge in [-0.05, 0) is 59.7 Å². The fraction of sp³-hybridized carbons (Fsp3) is 0.414. The average molecular weight is 584 g/mol. The number of nitrogens with two attached hydrogens (primary N) is 1. The molecule has 0 aliphatic rings. The van der Waals surface area contributed by atoms with Crippen LogP contribution in [0.5, 0.6) is 5.75 Å². The summed E-state index contributed by atoms with van der Waals surface area (Å²) < 4.78 is 39.2. The second kappa shape index (κ2) is 12.6. The Bertz CT molecular complexity index is 1550. The van der Waals surface area contributed by atoms with Crippen LogP contribution in [0, 0.1) is 0 Å². The number of esters is 1. The van der Waals surface area contributed by atoms with Gasteiger partial charge in [-0.2, -0.15) is 5.09 Å². The van der Waals surface area contributed by atoms with Crippen molar-refractivity contribution in [2.45, 2.75) is 72.4 Å². The Morgan fingerprint density at radius 3 is 2.44 bits per heavy atom. The van der Waals surface area contributed by atoms with Crippen molar-refractivity contribution in [1.82, 2.24) is 19.6 Å². The molecule has 3 atom stereocenters. The maximum atomic E-state index is 14.1. The first-order valence-corrected chi connectivity index (χ1v) is 15.1. The molecule has 0 fully saturated rings. The van der Waals surface area contributed by atoms with Crippen LogP contribution in [-0.4, -0.2) is 44.9 Å². The van der Waals surface area contributed by atoms with E-state index < -0.39 is 31.5 Å². The molecule has 0 aliphatic heterocycles. The number of aromatic nitrogens is 3. The molecule has 0 unspecified atom stereocenters. The molecule has 0 radical (unpaired) electrons. The molecule has 4 aromatic rings. The summed E-state index contributed by atoms with van der Waals surface area (Å²) in [6.07, 6.45) is -0.672. The standard InChI is InChI=1S/C29H38N5O6P/c1-7-37-18-24-32-25-26(22-15-11-12-16-23(22)31-27(25)30)34(24)17-19(2)39-41(36,40-21-13-9-8-10-14-21)33-20(3)28(35)38-29(4,5)6/h8-16,19-20H,7,17-18H2,1-6H3,(H2,30,31)(H,33,36)/t19-,20-,41+/m0/s1. The van der Waals surface area contributed by atoms with Crippen LogP contribution < -0.4 is 15.3 Å². The van der Waals surface area contributed by atoms with Crippen molar-refractivity contribution in [3.05, 3.63) is 60.4 Å². The van der Waals surface area contributed by atoms with Crippen LogP contribution in [0.4, 0.5) is 5.82 Å². The summed E-state index contributed by atoms with van der Waals surface area (Å²) in [7, 11) is -4.10. The third-order valence-corrected chi connectivity index (χ3v) is 7.76. The van der Waals surface area contributed by atoms with Gasteiger partial charge in [0, 0.05) is 12.0 Å². The SMILES string of the molecule is CCOCc1nc2c(N)nc3ccccc3c2n1C[C@H](C)O[P@](=O)(N[C@@H](C)C(=O)OC(C)(C)C)Oc1ccccc1. The second-order valence-corrected chi connectivity index (χ2v) is 12.3. The van der Waals surface area contributed by atoms with Crippen LogP contribution >= 0.6 is 7.75 Å². The Kier molecular flexibility index (Phi) is 9.34. The van der Waals surface area contributed by atoms with Crippen LogP contribution in [0.25, 0.3) is 21.9 Å². The summed E-state index contributed by atoms with van der Waals surface area (Å²) in [5.41, 5.74) is 7.62. The Balaban J connectivity index is 1.68. The number of nitrogen functional groups attached to an aromatic ring is 1. The van der Waals surface area contributed by atoms with E-state index in [4.69, 9.17) is 29.2 Å². The first-order valence-electron chi connectivity index (χ1n) is 13.5. The molecule has 2 aromatic carbocycles. The van der Waals surface area contributed by atoms with E-state index >= 15 is 0 Å². The summed E-state index contributed by atoms with van der Waals surface area (Å²) in [4.78, 5) is 22.0. The van der Waals surface area contributed by atoms with E-state index in [1.165, 1.54) is 0 Å². The van der Waals surface area contributed by atoms with Crippen molar-refractivity contribution in [2.24, 2.45) is 0 Å².